The number of rotatable bonds is 7. The normalized spacial score (nSPS) is 15.2. The van der Waals surface area contributed by atoms with Gasteiger partial charge in [-0.2, -0.15) is 0 Å². The maximum absolute atomic E-state index is 11.6. The molecular weight excluding hydrogens is 316 g/mol. The number of alkyl carbamates (subject to hydrolysis) is 1. The van der Waals surface area contributed by atoms with Gasteiger partial charge in [0, 0.05) is 19.4 Å². The third-order valence-corrected chi connectivity index (χ3v) is 3.59. The zero-order valence-corrected chi connectivity index (χ0v) is 12.9. The molecule has 0 spiro atoms. The van der Waals surface area contributed by atoms with Crippen LogP contribution in [-0.4, -0.2) is 46.5 Å². The standard InChI is InChI=1S/C16H18N2O6/c19-13-6-7-14(20)18(13)12(15(21)22)8-9-17-16(23)24-10-11-4-2-1-3-5-11/h1-5,12H,6-10H2,(H,17,23)(H,21,22). The second-order valence-corrected chi connectivity index (χ2v) is 5.29. The number of nitrogens with one attached hydrogen (secondary N) is 1. The van der Waals surface area contributed by atoms with E-state index in [-0.39, 0.29) is 32.4 Å². The molecule has 1 fully saturated rings. The van der Waals surface area contributed by atoms with Crippen molar-refractivity contribution in [3.8, 4) is 0 Å². The van der Waals surface area contributed by atoms with Crippen LogP contribution in [-0.2, 0) is 25.7 Å². The molecule has 2 rings (SSSR count). The second-order valence-electron chi connectivity index (χ2n) is 5.29. The van der Waals surface area contributed by atoms with E-state index in [1.165, 1.54) is 0 Å². The molecule has 1 heterocycles. The van der Waals surface area contributed by atoms with Crippen molar-refractivity contribution in [1.29, 1.82) is 0 Å². The molecule has 8 nitrogen and oxygen atoms in total. The van der Waals surface area contributed by atoms with Crippen molar-refractivity contribution in [2.24, 2.45) is 0 Å². The summed E-state index contributed by atoms with van der Waals surface area (Å²) in [5.41, 5.74) is 0.823. The third kappa shape index (κ3) is 4.55. The number of carbonyl (C=O) groups excluding carboxylic acids is 3. The summed E-state index contributed by atoms with van der Waals surface area (Å²) >= 11 is 0. The van der Waals surface area contributed by atoms with Gasteiger partial charge in [0.25, 0.3) is 0 Å². The van der Waals surface area contributed by atoms with E-state index in [1.807, 2.05) is 18.2 Å². The zero-order chi connectivity index (χ0) is 17.5. The molecule has 0 aliphatic carbocycles. The molecule has 1 aliphatic heterocycles. The van der Waals surface area contributed by atoms with Crippen LogP contribution in [0.5, 0.6) is 0 Å². The van der Waals surface area contributed by atoms with Gasteiger partial charge in [-0.05, 0) is 12.0 Å². The van der Waals surface area contributed by atoms with Gasteiger partial charge >= 0.3 is 12.1 Å². The number of hydrogen-bond acceptors (Lipinski definition) is 5. The number of amides is 3. The minimum absolute atomic E-state index is 0.0230. The van der Waals surface area contributed by atoms with Gasteiger partial charge in [0.2, 0.25) is 11.8 Å². The fraction of sp³-hybridized carbons (Fsp3) is 0.375. The lowest BCUT2D eigenvalue weighted by molar-refractivity contribution is -0.154. The van der Waals surface area contributed by atoms with Crippen molar-refractivity contribution in [2.75, 3.05) is 6.54 Å². The Hall–Kier alpha value is -2.90. The monoisotopic (exact) mass is 334 g/mol. The molecule has 3 amide bonds. The summed E-state index contributed by atoms with van der Waals surface area (Å²) in [6.45, 7) is 0.0692. The van der Waals surface area contributed by atoms with E-state index in [2.05, 4.69) is 5.32 Å². The fourth-order valence-corrected chi connectivity index (χ4v) is 2.39. The van der Waals surface area contributed by atoms with E-state index in [9.17, 15) is 24.3 Å². The van der Waals surface area contributed by atoms with Gasteiger partial charge in [0.1, 0.15) is 12.6 Å². The maximum atomic E-state index is 11.6. The topological polar surface area (TPSA) is 113 Å². The van der Waals surface area contributed by atoms with Gasteiger partial charge in [0.05, 0.1) is 0 Å². The molecule has 0 radical (unpaired) electrons. The second kappa shape index (κ2) is 8.09. The summed E-state index contributed by atoms with van der Waals surface area (Å²) in [6, 6.07) is 7.81. The molecule has 24 heavy (non-hydrogen) atoms. The Kier molecular flexibility index (Phi) is 5.89. The number of hydrogen-bond donors (Lipinski definition) is 2. The predicted octanol–water partition coefficient (Wildman–Crippen LogP) is 0.905. The van der Waals surface area contributed by atoms with E-state index in [4.69, 9.17) is 4.74 Å². The van der Waals surface area contributed by atoms with Crippen LogP contribution >= 0.6 is 0 Å². The molecule has 0 saturated carbocycles. The van der Waals surface area contributed by atoms with E-state index in [1.54, 1.807) is 12.1 Å². The summed E-state index contributed by atoms with van der Waals surface area (Å²) in [6.07, 6.45) is -0.723. The third-order valence-electron chi connectivity index (χ3n) is 3.59. The van der Waals surface area contributed by atoms with Crippen molar-refractivity contribution in [3.05, 3.63) is 35.9 Å². The van der Waals surface area contributed by atoms with E-state index >= 15 is 0 Å². The van der Waals surface area contributed by atoms with Crippen LogP contribution in [0.4, 0.5) is 4.79 Å². The molecule has 1 aromatic rings. The predicted molar refractivity (Wildman–Crippen MR) is 81.8 cm³/mol. The van der Waals surface area contributed by atoms with Crippen LogP contribution in [0.3, 0.4) is 0 Å². The average Bonchev–Trinajstić information content (AvgIpc) is 2.89. The highest BCUT2D eigenvalue weighted by atomic mass is 16.5. The van der Waals surface area contributed by atoms with Crippen molar-refractivity contribution >= 4 is 23.9 Å². The number of nitrogens with zero attached hydrogens (tertiary/aromatic N) is 1. The Labute approximate surface area is 138 Å². The molecule has 1 aromatic carbocycles. The lowest BCUT2D eigenvalue weighted by Gasteiger charge is -2.22. The van der Waals surface area contributed by atoms with Gasteiger partial charge in [-0.1, -0.05) is 30.3 Å². The fourth-order valence-electron chi connectivity index (χ4n) is 2.39. The molecule has 8 heteroatoms. The average molecular weight is 334 g/mol. The number of carbonyl (C=O) groups is 4. The Morgan fingerprint density at radius 2 is 1.79 bits per heavy atom. The Balaban J connectivity index is 1.78. The van der Waals surface area contributed by atoms with E-state index in [0.717, 1.165) is 10.5 Å². The number of carboxylic acid groups (broad SMARTS) is 1. The van der Waals surface area contributed by atoms with Gasteiger partial charge in [-0.15, -0.1) is 0 Å². The highest BCUT2D eigenvalue weighted by Crippen LogP contribution is 2.17. The Morgan fingerprint density at radius 1 is 1.17 bits per heavy atom. The first-order valence-corrected chi connectivity index (χ1v) is 7.51. The first kappa shape index (κ1) is 17.5. The van der Waals surface area contributed by atoms with Gasteiger partial charge in [-0.3, -0.25) is 14.5 Å². The van der Waals surface area contributed by atoms with Gasteiger partial charge in [-0.25, -0.2) is 9.59 Å². The number of carboxylic acids is 1. The number of ether oxygens (including phenoxy) is 1. The van der Waals surface area contributed by atoms with Crippen molar-refractivity contribution in [2.45, 2.75) is 31.9 Å². The molecule has 0 bridgehead atoms. The SMILES string of the molecule is O=C(NCCC(C(=O)O)N1C(=O)CCC1=O)OCc1ccccc1. The van der Waals surface area contributed by atoms with Crippen molar-refractivity contribution < 1.29 is 29.0 Å². The van der Waals surface area contributed by atoms with Gasteiger partial charge < -0.3 is 15.2 Å². The Morgan fingerprint density at radius 3 is 2.38 bits per heavy atom. The first-order valence-electron chi connectivity index (χ1n) is 7.51. The van der Waals surface area contributed by atoms with Crippen molar-refractivity contribution in [3.63, 3.8) is 0 Å². The molecule has 0 aromatic heterocycles. The van der Waals surface area contributed by atoms with E-state index < -0.39 is 29.9 Å². The lowest BCUT2D eigenvalue weighted by atomic mass is 10.2. The summed E-state index contributed by atoms with van der Waals surface area (Å²) in [5, 5.41) is 11.6. The Bertz CT molecular complexity index is 615. The highest BCUT2D eigenvalue weighted by Gasteiger charge is 2.38. The highest BCUT2D eigenvalue weighted by molar-refractivity contribution is 6.04. The van der Waals surface area contributed by atoms with Crippen LogP contribution in [0, 0.1) is 0 Å². The minimum Gasteiger partial charge on any atom is -0.480 e. The first-order chi connectivity index (χ1) is 11.5. The molecule has 1 atom stereocenters. The molecule has 1 unspecified atom stereocenters. The van der Waals surface area contributed by atoms with Crippen LogP contribution < -0.4 is 5.32 Å². The largest absolute Gasteiger partial charge is 0.480 e. The molecule has 1 saturated heterocycles. The van der Waals surface area contributed by atoms with Crippen molar-refractivity contribution in [1.82, 2.24) is 10.2 Å². The van der Waals surface area contributed by atoms with Crippen LogP contribution in [0.15, 0.2) is 30.3 Å². The number of imide groups is 1. The minimum atomic E-state index is -1.28. The zero-order valence-electron chi connectivity index (χ0n) is 12.9. The maximum Gasteiger partial charge on any atom is 0.407 e. The summed E-state index contributed by atoms with van der Waals surface area (Å²) < 4.78 is 4.99. The van der Waals surface area contributed by atoms with Gasteiger partial charge in [0.15, 0.2) is 0 Å². The smallest absolute Gasteiger partial charge is 0.407 e. The summed E-state index contributed by atoms with van der Waals surface area (Å²) in [4.78, 5) is 46.9. The van der Waals surface area contributed by atoms with Crippen LogP contribution in [0.1, 0.15) is 24.8 Å². The molecule has 2 N–H and O–H groups in total. The summed E-state index contributed by atoms with van der Waals surface area (Å²) in [7, 11) is 0. The number of aliphatic carboxylic acids is 1. The molecule has 128 valence electrons. The molecular formula is C16H18N2O6. The number of likely N-dealkylation sites (tertiary alicyclic amines) is 1. The lowest BCUT2D eigenvalue weighted by Crippen LogP contribution is -2.46. The van der Waals surface area contributed by atoms with E-state index in [0.29, 0.717) is 0 Å². The summed E-state index contributed by atoms with van der Waals surface area (Å²) in [5.74, 6) is -2.28. The quantitative estimate of drug-likeness (QED) is 0.717. The van der Waals surface area contributed by atoms with Crippen LogP contribution in [0.25, 0.3) is 0 Å². The number of benzene rings is 1. The molecule has 1 aliphatic rings. The van der Waals surface area contributed by atoms with Crippen LogP contribution in [0.2, 0.25) is 0 Å².